The monoisotopic (exact) mass is 140 g/mol. The molecule has 0 fully saturated rings. The predicted molar refractivity (Wildman–Crippen MR) is 43.0 cm³/mol. The maximum absolute atomic E-state index is 5.48. The molecule has 0 aromatic heterocycles. The highest BCUT2D eigenvalue weighted by molar-refractivity contribution is 5.03. The molecule has 10 heavy (non-hydrogen) atoms. The molecule has 0 saturated heterocycles. The van der Waals surface area contributed by atoms with Crippen LogP contribution in [0.3, 0.4) is 0 Å². The van der Waals surface area contributed by atoms with Crippen molar-refractivity contribution in [3.8, 4) is 0 Å². The fraction of sp³-hybridized carbons (Fsp3) is 0.778. The third-order valence-electron chi connectivity index (χ3n) is 2.02. The smallest absolute Gasteiger partial charge is 0.0581 e. The number of ether oxygens (including phenoxy) is 1. The van der Waals surface area contributed by atoms with Crippen molar-refractivity contribution in [2.45, 2.75) is 39.2 Å². The van der Waals surface area contributed by atoms with Gasteiger partial charge in [-0.3, -0.25) is 0 Å². The Balaban J connectivity index is 2.43. The lowest BCUT2D eigenvalue weighted by Crippen LogP contribution is -2.04. The predicted octanol–water partition coefficient (Wildman–Crippen LogP) is 2.52. The van der Waals surface area contributed by atoms with Crippen LogP contribution in [-0.2, 0) is 4.74 Å². The molecule has 1 atom stereocenters. The lowest BCUT2D eigenvalue weighted by atomic mass is 10.1. The number of hydrogen-bond donors (Lipinski definition) is 0. The topological polar surface area (TPSA) is 9.23 Å². The van der Waals surface area contributed by atoms with Crippen molar-refractivity contribution in [1.82, 2.24) is 0 Å². The van der Waals surface area contributed by atoms with Gasteiger partial charge in [-0.25, -0.2) is 0 Å². The summed E-state index contributed by atoms with van der Waals surface area (Å²) in [4.78, 5) is 0. The zero-order valence-electron chi connectivity index (χ0n) is 6.89. The molecule has 1 aliphatic rings. The summed E-state index contributed by atoms with van der Waals surface area (Å²) in [7, 11) is 0. The van der Waals surface area contributed by atoms with Gasteiger partial charge in [0.1, 0.15) is 0 Å². The molecular formula is C9H16O. The average Bonchev–Trinajstić information content (AvgIpc) is 2.14. The highest BCUT2D eigenvalue weighted by atomic mass is 16.5. The molecule has 1 nitrogen and oxygen atoms in total. The van der Waals surface area contributed by atoms with Crippen LogP contribution in [0, 0.1) is 0 Å². The molecule has 0 aromatic carbocycles. The Morgan fingerprint density at radius 3 is 3.20 bits per heavy atom. The van der Waals surface area contributed by atoms with Crippen molar-refractivity contribution in [2.75, 3.05) is 6.61 Å². The fourth-order valence-corrected chi connectivity index (χ4v) is 1.22. The van der Waals surface area contributed by atoms with Crippen LogP contribution < -0.4 is 0 Å². The Labute approximate surface area is 63.1 Å². The summed E-state index contributed by atoms with van der Waals surface area (Å²) in [5.41, 5.74) is 1.56. The fourth-order valence-electron chi connectivity index (χ4n) is 1.22. The quantitative estimate of drug-likeness (QED) is 0.508. The maximum Gasteiger partial charge on any atom is 0.0581 e. The first-order valence-electron chi connectivity index (χ1n) is 4.12. The van der Waals surface area contributed by atoms with Crippen molar-refractivity contribution in [1.29, 1.82) is 0 Å². The van der Waals surface area contributed by atoms with Crippen LogP contribution in [0.2, 0.25) is 0 Å². The highest BCUT2D eigenvalue weighted by Gasteiger charge is 2.05. The molecule has 1 rings (SSSR count). The van der Waals surface area contributed by atoms with E-state index in [0.29, 0.717) is 6.10 Å². The van der Waals surface area contributed by atoms with Crippen molar-refractivity contribution >= 4 is 0 Å². The maximum atomic E-state index is 5.48. The van der Waals surface area contributed by atoms with Crippen molar-refractivity contribution in [3.63, 3.8) is 0 Å². The molecule has 0 aromatic rings. The molecule has 0 amide bonds. The first-order valence-corrected chi connectivity index (χ1v) is 4.12. The first-order chi connectivity index (χ1) is 4.83. The van der Waals surface area contributed by atoms with Gasteiger partial charge in [-0.1, -0.05) is 18.6 Å². The molecular weight excluding hydrogens is 124 g/mol. The Hall–Kier alpha value is -0.300. The van der Waals surface area contributed by atoms with Crippen molar-refractivity contribution in [3.05, 3.63) is 11.6 Å². The SMILES string of the molecule is CCC1=CCC(C)OCC1. The van der Waals surface area contributed by atoms with E-state index in [1.807, 2.05) is 0 Å². The molecule has 0 radical (unpaired) electrons. The minimum absolute atomic E-state index is 0.434. The van der Waals surface area contributed by atoms with Gasteiger partial charge in [0.2, 0.25) is 0 Å². The van der Waals surface area contributed by atoms with Crippen molar-refractivity contribution < 1.29 is 4.74 Å². The molecule has 1 unspecified atom stereocenters. The van der Waals surface area contributed by atoms with Crippen LogP contribution in [-0.4, -0.2) is 12.7 Å². The Morgan fingerprint density at radius 2 is 2.50 bits per heavy atom. The molecule has 0 saturated carbocycles. The number of hydrogen-bond acceptors (Lipinski definition) is 1. The third kappa shape index (κ3) is 2.14. The van der Waals surface area contributed by atoms with E-state index in [-0.39, 0.29) is 0 Å². The Bertz CT molecular complexity index is 127. The van der Waals surface area contributed by atoms with Crippen LogP contribution in [0.25, 0.3) is 0 Å². The van der Waals surface area contributed by atoms with E-state index in [4.69, 9.17) is 4.74 Å². The molecule has 0 N–H and O–H groups in total. The van der Waals surface area contributed by atoms with Gasteiger partial charge >= 0.3 is 0 Å². The third-order valence-corrected chi connectivity index (χ3v) is 2.02. The first kappa shape index (κ1) is 7.80. The zero-order chi connectivity index (χ0) is 7.40. The summed E-state index contributed by atoms with van der Waals surface area (Å²) in [6.07, 6.45) is 6.20. The second kappa shape index (κ2) is 3.77. The zero-order valence-corrected chi connectivity index (χ0v) is 6.89. The van der Waals surface area contributed by atoms with Crippen LogP contribution in [0.4, 0.5) is 0 Å². The van der Waals surface area contributed by atoms with Gasteiger partial charge < -0.3 is 4.74 Å². The van der Waals surface area contributed by atoms with Crippen LogP contribution in [0.15, 0.2) is 11.6 Å². The molecule has 1 aliphatic heterocycles. The summed E-state index contributed by atoms with van der Waals surface area (Å²) in [5, 5.41) is 0. The van der Waals surface area contributed by atoms with Gasteiger partial charge in [0, 0.05) is 0 Å². The van der Waals surface area contributed by atoms with E-state index in [1.165, 1.54) is 6.42 Å². The van der Waals surface area contributed by atoms with E-state index in [1.54, 1.807) is 5.57 Å². The van der Waals surface area contributed by atoms with Crippen molar-refractivity contribution in [2.24, 2.45) is 0 Å². The summed E-state index contributed by atoms with van der Waals surface area (Å²) >= 11 is 0. The van der Waals surface area contributed by atoms with Crippen LogP contribution in [0.1, 0.15) is 33.1 Å². The van der Waals surface area contributed by atoms with E-state index in [0.717, 1.165) is 19.4 Å². The lowest BCUT2D eigenvalue weighted by Gasteiger charge is -2.05. The van der Waals surface area contributed by atoms with Gasteiger partial charge in [-0.05, 0) is 26.2 Å². The average molecular weight is 140 g/mol. The standard InChI is InChI=1S/C9H16O/c1-3-9-5-4-8(2)10-7-6-9/h5,8H,3-4,6-7H2,1-2H3. The summed E-state index contributed by atoms with van der Waals surface area (Å²) in [6.45, 7) is 5.26. The Kier molecular flexibility index (Phi) is 2.94. The minimum Gasteiger partial charge on any atom is -0.378 e. The lowest BCUT2D eigenvalue weighted by molar-refractivity contribution is 0.0750. The highest BCUT2D eigenvalue weighted by Crippen LogP contribution is 2.14. The van der Waals surface area contributed by atoms with Gasteiger partial charge in [0.15, 0.2) is 0 Å². The summed E-state index contributed by atoms with van der Waals surface area (Å²) < 4.78 is 5.48. The summed E-state index contributed by atoms with van der Waals surface area (Å²) in [6, 6.07) is 0. The van der Waals surface area contributed by atoms with Crippen LogP contribution in [0.5, 0.6) is 0 Å². The van der Waals surface area contributed by atoms with Gasteiger partial charge in [-0.15, -0.1) is 0 Å². The molecule has 1 heterocycles. The largest absolute Gasteiger partial charge is 0.378 e. The number of rotatable bonds is 1. The molecule has 0 aliphatic carbocycles. The molecule has 1 heteroatoms. The molecule has 58 valence electrons. The normalized spacial score (nSPS) is 27.4. The minimum atomic E-state index is 0.434. The van der Waals surface area contributed by atoms with Crippen LogP contribution >= 0.6 is 0 Å². The van der Waals surface area contributed by atoms with Gasteiger partial charge in [0.05, 0.1) is 12.7 Å². The van der Waals surface area contributed by atoms with E-state index in [9.17, 15) is 0 Å². The van der Waals surface area contributed by atoms with E-state index < -0.39 is 0 Å². The van der Waals surface area contributed by atoms with Gasteiger partial charge in [-0.2, -0.15) is 0 Å². The van der Waals surface area contributed by atoms with Gasteiger partial charge in [0.25, 0.3) is 0 Å². The van der Waals surface area contributed by atoms with E-state index >= 15 is 0 Å². The summed E-state index contributed by atoms with van der Waals surface area (Å²) in [5.74, 6) is 0. The second-order valence-corrected chi connectivity index (χ2v) is 2.88. The molecule has 0 spiro atoms. The Morgan fingerprint density at radius 1 is 1.70 bits per heavy atom. The molecule has 0 bridgehead atoms. The second-order valence-electron chi connectivity index (χ2n) is 2.88. The van der Waals surface area contributed by atoms with E-state index in [2.05, 4.69) is 19.9 Å².